The highest BCUT2D eigenvalue weighted by Crippen LogP contribution is 1.99. The lowest BCUT2D eigenvalue weighted by atomic mass is 10.4. The number of alkyl halides is 1. The first kappa shape index (κ1) is 6.70. The fourth-order valence-corrected chi connectivity index (χ4v) is 0.787. The lowest BCUT2D eigenvalue weighted by Gasteiger charge is -1.82. The lowest BCUT2D eigenvalue weighted by molar-refractivity contribution is 1.45. The van der Waals surface area contributed by atoms with Crippen LogP contribution in [0.2, 0.25) is 0 Å². The van der Waals surface area contributed by atoms with Crippen LogP contribution in [0.15, 0.2) is 10.6 Å². The Kier molecular flexibility index (Phi) is 4.33. The minimum atomic E-state index is 0.957. The van der Waals surface area contributed by atoms with E-state index in [0.717, 1.165) is 5.33 Å². The third kappa shape index (κ3) is 2.91. The molecule has 0 nitrogen and oxygen atoms in total. The van der Waals surface area contributed by atoms with Crippen molar-refractivity contribution >= 4 is 31.9 Å². The predicted molar refractivity (Wildman–Crippen MR) is 36.5 cm³/mol. The van der Waals surface area contributed by atoms with E-state index in [4.69, 9.17) is 0 Å². The molecule has 0 N–H and O–H groups in total. The second-order valence-corrected chi connectivity index (χ2v) is 2.11. The summed E-state index contributed by atoms with van der Waals surface area (Å²) in [6.07, 6.45) is 0. The van der Waals surface area contributed by atoms with E-state index < -0.39 is 0 Å². The molecule has 0 bridgehead atoms. The Hall–Kier alpha value is 0.700. The SMILES string of the molecule is CC(=CBr)CBr. The van der Waals surface area contributed by atoms with Crippen LogP contribution in [0.5, 0.6) is 0 Å². The smallest absolute Gasteiger partial charge is 0.0247 e. The maximum absolute atomic E-state index is 3.28. The first-order valence-electron chi connectivity index (χ1n) is 1.63. The highest BCUT2D eigenvalue weighted by atomic mass is 79.9. The largest absolute Gasteiger partial charge is 0.0880 e. The normalized spacial score (nSPS) is 12.2. The van der Waals surface area contributed by atoms with Crippen molar-refractivity contribution in [2.75, 3.05) is 5.33 Å². The molecule has 0 radical (unpaired) electrons. The number of hydrogen-bond donors (Lipinski definition) is 0. The van der Waals surface area contributed by atoms with Crippen LogP contribution >= 0.6 is 31.9 Å². The van der Waals surface area contributed by atoms with Crippen LogP contribution in [0.4, 0.5) is 0 Å². The van der Waals surface area contributed by atoms with Crippen LogP contribution in [0.1, 0.15) is 6.92 Å². The topological polar surface area (TPSA) is 0 Å². The molecule has 2 heteroatoms. The standard InChI is InChI=1S/C4H6Br2/c1-4(2-5)3-6/h2H,3H2,1H3. The van der Waals surface area contributed by atoms with E-state index in [-0.39, 0.29) is 0 Å². The van der Waals surface area contributed by atoms with Gasteiger partial charge in [-0.25, -0.2) is 0 Å². The minimum Gasteiger partial charge on any atom is -0.0880 e. The Labute approximate surface area is 54.9 Å². The molecule has 0 saturated heterocycles. The van der Waals surface area contributed by atoms with Gasteiger partial charge in [0.15, 0.2) is 0 Å². The van der Waals surface area contributed by atoms with Gasteiger partial charge in [0.1, 0.15) is 0 Å². The van der Waals surface area contributed by atoms with Gasteiger partial charge in [0, 0.05) is 5.33 Å². The second kappa shape index (κ2) is 3.88. The van der Waals surface area contributed by atoms with Crippen LogP contribution in [0.25, 0.3) is 0 Å². The molecule has 0 spiro atoms. The summed E-state index contributed by atoms with van der Waals surface area (Å²) in [7, 11) is 0. The average Bonchev–Trinajstić information content (AvgIpc) is 1.65. The van der Waals surface area contributed by atoms with Crippen LogP contribution in [-0.4, -0.2) is 5.33 Å². The van der Waals surface area contributed by atoms with Crippen molar-refractivity contribution in [2.45, 2.75) is 6.92 Å². The van der Waals surface area contributed by atoms with E-state index in [1.807, 2.05) is 11.9 Å². The fourth-order valence-electron chi connectivity index (χ4n) is 0.0292. The van der Waals surface area contributed by atoms with Crippen molar-refractivity contribution in [3.63, 3.8) is 0 Å². The second-order valence-electron chi connectivity index (χ2n) is 1.09. The van der Waals surface area contributed by atoms with Gasteiger partial charge < -0.3 is 0 Å². The Morgan fingerprint density at radius 1 is 1.83 bits per heavy atom. The molecule has 6 heavy (non-hydrogen) atoms. The summed E-state index contributed by atoms with van der Waals surface area (Å²) in [4.78, 5) is 1.90. The van der Waals surface area contributed by atoms with Crippen molar-refractivity contribution < 1.29 is 0 Å². The van der Waals surface area contributed by atoms with Crippen LogP contribution < -0.4 is 0 Å². The molecule has 0 aliphatic heterocycles. The monoisotopic (exact) mass is 212 g/mol. The highest BCUT2D eigenvalue weighted by molar-refractivity contribution is 9.11. The number of rotatable bonds is 1. The lowest BCUT2D eigenvalue weighted by Crippen LogP contribution is -1.67. The fraction of sp³-hybridized carbons (Fsp3) is 0.500. The van der Waals surface area contributed by atoms with E-state index in [1.165, 1.54) is 5.57 Å². The summed E-state index contributed by atoms with van der Waals surface area (Å²) in [5.41, 5.74) is 1.30. The van der Waals surface area contributed by atoms with Crippen LogP contribution in [-0.2, 0) is 0 Å². The average molecular weight is 214 g/mol. The minimum absolute atomic E-state index is 0.957. The number of allylic oxidation sites excluding steroid dienone is 1. The molecule has 0 aromatic carbocycles. The van der Waals surface area contributed by atoms with Gasteiger partial charge >= 0.3 is 0 Å². The molecular weight excluding hydrogens is 208 g/mol. The van der Waals surface area contributed by atoms with Crippen molar-refractivity contribution in [1.29, 1.82) is 0 Å². The van der Waals surface area contributed by atoms with Gasteiger partial charge in [-0.1, -0.05) is 37.4 Å². The van der Waals surface area contributed by atoms with Crippen molar-refractivity contribution in [1.82, 2.24) is 0 Å². The van der Waals surface area contributed by atoms with E-state index >= 15 is 0 Å². The molecule has 0 aliphatic rings. The molecule has 0 fully saturated rings. The van der Waals surface area contributed by atoms with Crippen LogP contribution in [0.3, 0.4) is 0 Å². The van der Waals surface area contributed by atoms with Crippen molar-refractivity contribution in [3.8, 4) is 0 Å². The molecule has 0 aromatic rings. The molecule has 0 amide bonds. The zero-order chi connectivity index (χ0) is 4.99. The highest BCUT2D eigenvalue weighted by Gasteiger charge is 1.76. The molecular formula is C4H6Br2. The van der Waals surface area contributed by atoms with Gasteiger partial charge in [0.25, 0.3) is 0 Å². The Balaban J connectivity index is 3.22. The summed E-state index contributed by atoms with van der Waals surface area (Å²) in [5.74, 6) is 0. The first-order valence-corrected chi connectivity index (χ1v) is 3.66. The summed E-state index contributed by atoms with van der Waals surface area (Å²) in [6.45, 7) is 2.05. The third-order valence-electron chi connectivity index (χ3n) is 0.397. The van der Waals surface area contributed by atoms with Gasteiger partial charge in [0.05, 0.1) is 0 Å². The number of halogens is 2. The van der Waals surface area contributed by atoms with E-state index in [1.54, 1.807) is 0 Å². The molecule has 0 unspecified atom stereocenters. The summed E-state index contributed by atoms with van der Waals surface area (Å²) >= 11 is 6.46. The predicted octanol–water partition coefficient (Wildman–Crippen LogP) is 2.68. The van der Waals surface area contributed by atoms with Gasteiger partial charge in [-0.15, -0.1) is 0 Å². The van der Waals surface area contributed by atoms with Gasteiger partial charge in [-0.05, 0) is 11.9 Å². The Morgan fingerprint density at radius 2 is 2.33 bits per heavy atom. The van der Waals surface area contributed by atoms with Crippen LogP contribution in [0, 0.1) is 0 Å². The van der Waals surface area contributed by atoms with Crippen molar-refractivity contribution in [2.24, 2.45) is 0 Å². The zero-order valence-corrected chi connectivity index (χ0v) is 6.71. The zero-order valence-electron chi connectivity index (χ0n) is 3.54. The first-order chi connectivity index (χ1) is 2.81. The molecule has 0 atom stereocenters. The van der Waals surface area contributed by atoms with Crippen molar-refractivity contribution in [3.05, 3.63) is 10.6 Å². The molecule has 0 saturated carbocycles. The molecule has 0 aromatic heterocycles. The Morgan fingerprint density at radius 3 is 2.33 bits per heavy atom. The molecule has 0 rings (SSSR count). The quantitative estimate of drug-likeness (QED) is 0.588. The van der Waals surface area contributed by atoms with E-state index in [9.17, 15) is 0 Å². The Bertz CT molecular complexity index is 56.6. The summed E-state index contributed by atoms with van der Waals surface area (Å²) in [5, 5.41) is 0.957. The maximum atomic E-state index is 3.28. The summed E-state index contributed by atoms with van der Waals surface area (Å²) in [6, 6.07) is 0. The molecule has 0 aliphatic carbocycles. The van der Waals surface area contributed by atoms with Gasteiger partial charge in [0.2, 0.25) is 0 Å². The molecule has 0 heterocycles. The van der Waals surface area contributed by atoms with Gasteiger partial charge in [-0.2, -0.15) is 0 Å². The maximum Gasteiger partial charge on any atom is 0.0247 e. The van der Waals surface area contributed by atoms with E-state index in [2.05, 4.69) is 31.9 Å². The number of hydrogen-bond acceptors (Lipinski definition) is 0. The summed E-state index contributed by atoms with van der Waals surface area (Å²) < 4.78 is 0. The molecule has 36 valence electrons. The third-order valence-corrected chi connectivity index (χ3v) is 2.06. The van der Waals surface area contributed by atoms with Gasteiger partial charge in [-0.3, -0.25) is 0 Å². The van der Waals surface area contributed by atoms with E-state index in [0.29, 0.717) is 0 Å².